The second kappa shape index (κ2) is 5.52. The molecule has 0 bridgehead atoms. The molecule has 1 N–H and O–H groups in total. The summed E-state index contributed by atoms with van der Waals surface area (Å²) in [6.45, 7) is 0. The highest BCUT2D eigenvalue weighted by molar-refractivity contribution is 7.20. The van der Waals surface area contributed by atoms with Gasteiger partial charge in [0, 0.05) is 5.56 Å². The molecular weight excluding hydrogens is 339 g/mol. The zero-order valence-electron chi connectivity index (χ0n) is 9.51. The molecule has 0 fully saturated rings. The van der Waals surface area contributed by atoms with E-state index >= 15 is 0 Å². The van der Waals surface area contributed by atoms with Crippen molar-refractivity contribution in [2.45, 2.75) is 12.3 Å². The van der Waals surface area contributed by atoms with Crippen LogP contribution in [-0.2, 0) is 6.18 Å². The molecule has 1 nitrogen and oxygen atoms in total. The van der Waals surface area contributed by atoms with Crippen molar-refractivity contribution >= 4 is 34.5 Å². The van der Waals surface area contributed by atoms with E-state index in [0.29, 0.717) is 16.5 Å². The van der Waals surface area contributed by atoms with Crippen molar-refractivity contribution in [2.75, 3.05) is 0 Å². The highest BCUT2D eigenvalue weighted by atomic mass is 35.5. The Kier molecular flexibility index (Phi) is 4.30. The van der Waals surface area contributed by atoms with Gasteiger partial charge in [-0.15, -0.1) is 11.3 Å². The van der Waals surface area contributed by atoms with Crippen LogP contribution in [0.5, 0.6) is 0 Å². The Hall–Kier alpha value is -0.820. The molecule has 0 radical (unpaired) electrons. The third-order valence-corrected chi connectivity index (χ3v) is 4.11. The first kappa shape index (κ1) is 15.6. The number of rotatable bonds is 2. The van der Waals surface area contributed by atoms with Crippen LogP contribution in [0.3, 0.4) is 0 Å². The van der Waals surface area contributed by atoms with E-state index in [2.05, 4.69) is 0 Å². The van der Waals surface area contributed by atoms with Crippen molar-refractivity contribution in [3.8, 4) is 0 Å². The molecule has 0 spiro atoms. The van der Waals surface area contributed by atoms with E-state index in [9.17, 15) is 22.7 Å². The summed E-state index contributed by atoms with van der Waals surface area (Å²) in [4.78, 5) is 0. The predicted molar refractivity (Wildman–Crippen MR) is 69.8 cm³/mol. The van der Waals surface area contributed by atoms with Crippen molar-refractivity contribution in [2.24, 2.45) is 0 Å². The smallest absolute Gasteiger partial charge is 0.384 e. The Morgan fingerprint density at radius 2 is 1.80 bits per heavy atom. The third kappa shape index (κ3) is 3.09. The number of thiophene rings is 1. The van der Waals surface area contributed by atoms with Gasteiger partial charge in [-0.25, -0.2) is 4.39 Å². The molecular formula is C12H6Cl2F4OS. The fourth-order valence-electron chi connectivity index (χ4n) is 1.65. The topological polar surface area (TPSA) is 20.2 Å². The number of aliphatic hydroxyl groups excluding tert-OH is 1. The van der Waals surface area contributed by atoms with E-state index in [-0.39, 0.29) is 15.5 Å². The summed E-state index contributed by atoms with van der Waals surface area (Å²) in [7, 11) is 0. The summed E-state index contributed by atoms with van der Waals surface area (Å²) >= 11 is 12.5. The van der Waals surface area contributed by atoms with E-state index in [4.69, 9.17) is 23.2 Å². The summed E-state index contributed by atoms with van der Waals surface area (Å²) in [5.41, 5.74) is -1.20. The van der Waals surface area contributed by atoms with Gasteiger partial charge in [-0.2, -0.15) is 13.2 Å². The maximum atomic E-state index is 13.4. The molecule has 0 amide bonds. The van der Waals surface area contributed by atoms with Crippen molar-refractivity contribution in [1.82, 2.24) is 0 Å². The summed E-state index contributed by atoms with van der Waals surface area (Å²) in [6, 6.07) is 3.60. The van der Waals surface area contributed by atoms with Gasteiger partial charge in [0.15, 0.2) is 0 Å². The van der Waals surface area contributed by atoms with Crippen LogP contribution in [0.15, 0.2) is 24.3 Å². The zero-order chi connectivity index (χ0) is 15.1. The minimum Gasteiger partial charge on any atom is -0.384 e. The maximum Gasteiger partial charge on any atom is 0.419 e. The minimum absolute atomic E-state index is 0.0353. The first-order valence-corrected chi connectivity index (χ1v) is 6.77. The Balaban J connectivity index is 2.39. The summed E-state index contributed by atoms with van der Waals surface area (Å²) < 4.78 is 51.3. The molecule has 2 rings (SSSR count). The molecule has 0 aliphatic rings. The van der Waals surface area contributed by atoms with Gasteiger partial charge in [0.1, 0.15) is 16.3 Å². The quantitative estimate of drug-likeness (QED) is 0.733. The lowest BCUT2D eigenvalue weighted by molar-refractivity contribution is -0.140. The van der Waals surface area contributed by atoms with Gasteiger partial charge in [0.05, 0.1) is 9.90 Å². The zero-order valence-corrected chi connectivity index (χ0v) is 11.8. The van der Waals surface area contributed by atoms with Crippen molar-refractivity contribution < 1.29 is 22.7 Å². The summed E-state index contributed by atoms with van der Waals surface area (Å²) in [5, 5.41) is 10.0. The predicted octanol–water partition coefficient (Wildman–Crippen LogP) is 5.29. The molecule has 1 aromatic heterocycles. The van der Waals surface area contributed by atoms with Gasteiger partial charge in [0.2, 0.25) is 0 Å². The van der Waals surface area contributed by atoms with E-state index in [1.54, 1.807) is 0 Å². The number of hydrogen-bond donors (Lipinski definition) is 1. The van der Waals surface area contributed by atoms with E-state index < -0.39 is 23.7 Å². The van der Waals surface area contributed by atoms with Crippen LogP contribution in [0.4, 0.5) is 17.6 Å². The van der Waals surface area contributed by atoms with Gasteiger partial charge in [-0.05, 0) is 23.8 Å². The fourth-order valence-corrected chi connectivity index (χ4v) is 3.17. The van der Waals surface area contributed by atoms with Crippen molar-refractivity contribution in [3.63, 3.8) is 0 Å². The molecule has 0 saturated carbocycles. The standard InChI is InChI=1S/C12H6Cl2F4OS/c13-9-4-6(11(14)20-9)10(19)5-1-2-7(8(15)3-5)12(16,17)18/h1-4,10,19H. The number of aliphatic hydroxyl groups is 1. The first-order chi connectivity index (χ1) is 9.20. The largest absolute Gasteiger partial charge is 0.419 e. The summed E-state index contributed by atoms with van der Waals surface area (Å²) in [6.07, 6.45) is -6.13. The molecule has 1 unspecified atom stereocenters. The third-order valence-electron chi connectivity index (χ3n) is 2.59. The lowest BCUT2D eigenvalue weighted by Gasteiger charge is -2.13. The van der Waals surface area contributed by atoms with Gasteiger partial charge >= 0.3 is 6.18 Å². The second-order valence-electron chi connectivity index (χ2n) is 3.92. The van der Waals surface area contributed by atoms with Crippen LogP contribution in [0, 0.1) is 5.82 Å². The van der Waals surface area contributed by atoms with E-state index in [1.807, 2.05) is 0 Å². The van der Waals surface area contributed by atoms with Crippen molar-refractivity contribution in [3.05, 3.63) is 55.4 Å². The van der Waals surface area contributed by atoms with Gasteiger partial charge in [-0.1, -0.05) is 29.3 Å². The van der Waals surface area contributed by atoms with Crippen LogP contribution >= 0.6 is 34.5 Å². The average Bonchev–Trinajstić information content (AvgIpc) is 2.65. The molecule has 0 saturated heterocycles. The molecule has 0 aliphatic carbocycles. The Morgan fingerprint density at radius 1 is 1.15 bits per heavy atom. The fraction of sp³-hybridized carbons (Fsp3) is 0.167. The first-order valence-electron chi connectivity index (χ1n) is 5.19. The average molecular weight is 345 g/mol. The monoisotopic (exact) mass is 344 g/mol. The molecule has 1 aromatic carbocycles. The lowest BCUT2D eigenvalue weighted by Crippen LogP contribution is -2.09. The van der Waals surface area contributed by atoms with Gasteiger partial charge < -0.3 is 5.11 Å². The number of halogens is 6. The normalized spacial score (nSPS) is 13.6. The van der Waals surface area contributed by atoms with E-state index in [1.165, 1.54) is 6.07 Å². The molecule has 8 heteroatoms. The number of alkyl halides is 3. The van der Waals surface area contributed by atoms with Crippen LogP contribution in [0.1, 0.15) is 22.8 Å². The molecule has 108 valence electrons. The van der Waals surface area contributed by atoms with Gasteiger partial charge in [-0.3, -0.25) is 0 Å². The van der Waals surface area contributed by atoms with Gasteiger partial charge in [0.25, 0.3) is 0 Å². The van der Waals surface area contributed by atoms with Crippen LogP contribution in [0.2, 0.25) is 8.67 Å². The summed E-state index contributed by atoms with van der Waals surface area (Å²) in [5.74, 6) is -1.45. The molecule has 20 heavy (non-hydrogen) atoms. The number of hydrogen-bond acceptors (Lipinski definition) is 2. The molecule has 1 heterocycles. The Morgan fingerprint density at radius 3 is 2.25 bits per heavy atom. The Bertz CT molecular complexity index is 639. The molecule has 0 aliphatic heterocycles. The highest BCUT2D eigenvalue weighted by Gasteiger charge is 2.34. The highest BCUT2D eigenvalue weighted by Crippen LogP contribution is 2.38. The van der Waals surface area contributed by atoms with Crippen molar-refractivity contribution in [1.29, 1.82) is 0 Å². The molecule has 1 atom stereocenters. The Labute approximate surface area is 125 Å². The minimum atomic E-state index is -4.78. The number of benzene rings is 1. The lowest BCUT2D eigenvalue weighted by atomic mass is 10.0. The molecule has 2 aromatic rings. The van der Waals surface area contributed by atoms with E-state index in [0.717, 1.165) is 17.4 Å². The maximum absolute atomic E-state index is 13.4. The van der Waals surface area contributed by atoms with Crippen LogP contribution in [0.25, 0.3) is 0 Å². The van der Waals surface area contributed by atoms with Crippen LogP contribution in [-0.4, -0.2) is 5.11 Å². The second-order valence-corrected chi connectivity index (χ2v) is 6.20. The van der Waals surface area contributed by atoms with Crippen LogP contribution < -0.4 is 0 Å². The SMILES string of the molecule is OC(c1ccc(C(F)(F)F)c(F)c1)c1cc(Cl)sc1Cl.